The quantitative estimate of drug-likeness (QED) is 0.784. The van der Waals surface area contributed by atoms with Gasteiger partial charge in [0, 0.05) is 19.2 Å². The van der Waals surface area contributed by atoms with Crippen LogP contribution in [0.4, 0.5) is 0 Å². The van der Waals surface area contributed by atoms with Crippen LogP contribution in [-0.4, -0.2) is 17.4 Å². The van der Waals surface area contributed by atoms with Crippen LogP contribution in [0.5, 0.6) is 0 Å². The third-order valence-corrected chi connectivity index (χ3v) is 2.79. The van der Waals surface area contributed by atoms with E-state index in [9.17, 15) is 4.79 Å². The molecule has 0 atom stereocenters. The van der Waals surface area contributed by atoms with Gasteiger partial charge < -0.3 is 4.90 Å². The first-order valence-corrected chi connectivity index (χ1v) is 5.23. The number of rotatable bonds is 2. The molecule has 0 saturated heterocycles. The minimum atomic E-state index is -0.0242. The molecule has 0 N–H and O–H groups in total. The summed E-state index contributed by atoms with van der Waals surface area (Å²) in [5.41, 5.74) is 1.23. The van der Waals surface area contributed by atoms with Gasteiger partial charge in [-0.25, -0.2) is 0 Å². The summed E-state index contributed by atoms with van der Waals surface area (Å²) < 4.78 is 0. The first kappa shape index (κ1) is 10.7. The predicted octanol–water partition coefficient (Wildman–Crippen LogP) is 2.11. The second kappa shape index (κ2) is 4.38. The molecule has 0 aromatic heterocycles. The van der Waals surface area contributed by atoms with Crippen LogP contribution in [0, 0.1) is 11.3 Å². The molecule has 80 valence electrons. The molecule has 16 heavy (non-hydrogen) atoms. The number of halogens is 1. The van der Waals surface area contributed by atoms with Crippen molar-refractivity contribution in [2.24, 2.45) is 0 Å². The molecule has 0 radical (unpaired) electrons. The van der Waals surface area contributed by atoms with E-state index < -0.39 is 0 Å². The summed E-state index contributed by atoms with van der Waals surface area (Å²) in [4.78, 5) is 13.0. The minimum absolute atomic E-state index is 0.0242. The SMILES string of the molecule is N#Cc1c(Cl)cccc1CN1CC=CC1=O. The van der Waals surface area contributed by atoms with Crippen molar-refractivity contribution in [3.05, 3.63) is 46.5 Å². The summed E-state index contributed by atoms with van der Waals surface area (Å²) in [5.74, 6) is -0.0242. The molecule has 0 spiro atoms. The average Bonchev–Trinajstić information content (AvgIpc) is 2.65. The number of amides is 1. The van der Waals surface area contributed by atoms with Crippen LogP contribution in [0.2, 0.25) is 5.02 Å². The number of hydrogen-bond acceptors (Lipinski definition) is 2. The van der Waals surface area contributed by atoms with Crippen molar-refractivity contribution in [2.75, 3.05) is 6.54 Å². The van der Waals surface area contributed by atoms with E-state index in [4.69, 9.17) is 16.9 Å². The van der Waals surface area contributed by atoms with Gasteiger partial charge in [-0.2, -0.15) is 5.26 Å². The summed E-state index contributed by atoms with van der Waals surface area (Å²) in [5, 5.41) is 9.42. The maximum Gasteiger partial charge on any atom is 0.246 e. The number of carbonyl (C=O) groups excluding carboxylic acids is 1. The standard InChI is InChI=1S/C12H9ClN2O/c13-11-4-1-3-9(10(11)7-14)8-15-6-2-5-12(15)16/h1-5H,6,8H2. The first-order chi connectivity index (χ1) is 7.72. The molecule has 1 aromatic carbocycles. The van der Waals surface area contributed by atoms with Gasteiger partial charge in [0.2, 0.25) is 5.91 Å². The van der Waals surface area contributed by atoms with Crippen LogP contribution in [0.1, 0.15) is 11.1 Å². The van der Waals surface area contributed by atoms with E-state index in [2.05, 4.69) is 6.07 Å². The van der Waals surface area contributed by atoms with E-state index in [1.807, 2.05) is 6.07 Å². The van der Waals surface area contributed by atoms with Crippen molar-refractivity contribution < 1.29 is 4.79 Å². The Morgan fingerprint density at radius 3 is 2.94 bits per heavy atom. The Kier molecular flexibility index (Phi) is 2.93. The Hall–Kier alpha value is -1.79. The smallest absolute Gasteiger partial charge is 0.246 e. The molecule has 3 nitrogen and oxygen atoms in total. The van der Waals surface area contributed by atoms with Crippen molar-refractivity contribution in [3.8, 4) is 6.07 Å². The number of nitriles is 1. The van der Waals surface area contributed by atoms with Crippen LogP contribution in [0.25, 0.3) is 0 Å². The summed E-state index contributed by atoms with van der Waals surface area (Å²) in [6, 6.07) is 7.34. The highest BCUT2D eigenvalue weighted by atomic mass is 35.5. The largest absolute Gasteiger partial charge is 0.331 e. The van der Waals surface area contributed by atoms with Gasteiger partial charge in [0.05, 0.1) is 10.6 Å². The van der Waals surface area contributed by atoms with Gasteiger partial charge in [0.15, 0.2) is 0 Å². The molecule has 1 aromatic rings. The van der Waals surface area contributed by atoms with E-state index in [-0.39, 0.29) is 5.91 Å². The summed E-state index contributed by atoms with van der Waals surface area (Å²) in [6.45, 7) is 1.02. The molecule has 1 amide bonds. The van der Waals surface area contributed by atoms with Crippen molar-refractivity contribution in [1.29, 1.82) is 5.26 Å². The third kappa shape index (κ3) is 1.93. The van der Waals surface area contributed by atoms with Crippen LogP contribution in [-0.2, 0) is 11.3 Å². The lowest BCUT2D eigenvalue weighted by molar-refractivity contribution is -0.125. The summed E-state index contributed by atoms with van der Waals surface area (Å²) in [6.07, 6.45) is 3.34. The van der Waals surface area contributed by atoms with E-state index in [1.165, 1.54) is 6.08 Å². The fourth-order valence-electron chi connectivity index (χ4n) is 1.65. The molecule has 2 rings (SSSR count). The Morgan fingerprint density at radius 1 is 1.50 bits per heavy atom. The van der Waals surface area contributed by atoms with Crippen molar-refractivity contribution in [2.45, 2.75) is 6.54 Å². The molecule has 1 aliphatic rings. The fourth-order valence-corrected chi connectivity index (χ4v) is 1.89. The van der Waals surface area contributed by atoms with Crippen molar-refractivity contribution in [3.63, 3.8) is 0 Å². The topological polar surface area (TPSA) is 44.1 Å². The molecular weight excluding hydrogens is 224 g/mol. The normalized spacial score (nSPS) is 14.2. The summed E-state index contributed by atoms with van der Waals surface area (Å²) in [7, 11) is 0. The zero-order chi connectivity index (χ0) is 11.5. The highest BCUT2D eigenvalue weighted by Gasteiger charge is 2.17. The molecular formula is C12H9ClN2O. The lowest BCUT2D eigenvalue weighted by Gasteiger charge is -2.16. The van der Waals surface area contributed by atoms with Crippen LogP contribution in [0.15, 0.2) is 30.4 Å². The van der Waals surface area contributed by atoms with Gasteiger partial charge in [-0.3, -0.25) is 4.79 Å². The summed E-state index contributed by atoms with van der Waals surface area (Å²) >= 11 is 5.91. The Bertz CT molecular complexity index is 502. The minimum Gasteiger partial charge on any atom is -0.331 e. The van der Waals surface area contributed by atoms with E-state index in [1.54, 1.807) is 23.1 Å². The molecule has 4 heteroatoms. The van der Waals surface area contributed by atoms with Gasteiger partial charge >= 0.3 is 0 Å². The maximum absolute atomic E-state index is 11.4. The first-order valence-electron chi connectivity index (χ1n) is 4.85. The molecule has 0 unspecified atom stereocenters. The van der Waals surface area contributed by atoms with E-state index in [0.29, 0.717) is 23.7 Å². The number of carbonyl (C=O) groups is 1. The second-order valence-electron chi connectivity index (χ2n) is 3.51. The van der Waals surface area contributed by atoms with E-state index >= 15 is 0 Å². The van der Waals surface area contributed by atoms with Crippen LogP contribution >= 0.6 is 11.6 Å². The zero-order valence-electron chi connectivity index (χ0n) is 8.48. The van der Waals surface area contributed by atoms with Gasteiger partial charge in [0.25, 0.3) is 0 Å². The number of benzene rings is 1. The maximum atomic E-state index is 11.4. The molecule has 1 aliphatic heterocycles. The van der Waals surface area contributed by atoms with Crippen LogP contribution in [0.3, 0.4) is 0 Å². The molecule has 1 heterocycles. The molecule has 0 saturated carbocycles. The lowest BCUT2D eigenvalue weighted by atomic mass is 10.1. The van der Waals surface area contributed by atoms with Gasteiger partial charge in [-0.1, -0.05) is 29.8 Å². The highest BCUT2D eigenvalue weighted by Crippen LogP contribution is 2.21. The average molecular weight is 233 g/mol. The van der Waals surface area contributed by atoms with Crippen molar-refractivity contribution >= 4 is 17.5 Å². The monoisotopic (exact) mass is 232 g/mol. The number of nitrogens with zero attached hydrogens (tertiary/aromatic N) is 2. The van der Waals surface area contributed by atoms with Gasteiger partial charge in [-0.05, 0) is 11.6 Å². The van der Waals surface area contributed by atoms with Crippen LogP contribution < -0.4 is 0 Å². The molecule has 0 bridgehead atoms. The Labute approximate surface area is 98.5 Å². The highest BCUT2D eigenvalue weighted by molar-refractivity contribution is 6.31. The predicted molar refractivity (Wildman–Crippen MR) is 60.7 cm³/mol. The molecule has 0 aliphatic carbocycles. The number of hydrogen-bond donors (Lipinski definition) is 0. The lowest BCUT2D eigenvalue weighted by Crippen LogP contribution is -2.25. The molecule has 0 fully saturated rings. The second-order valence-corrected chi connectivity index (χ2v) is 3.91. The van der Waals surface area contributed by atoms with E-state index in [0.717, 1.165) is 5.56 Å². The van der Waals surface area contributed by atoms with Gasteiger partial charge in [0.1, 0.15) is 6.07 Å². The Balaban J connectivity index is 2.25. The zero-order valence-corrected chi connectivity index (χ0v) is 9.24. The van der Waals surface area contributed by atoms with Gasteiger partial charge in [-0.15, -0.1) is 0 Å². The third-order valence-electron chi connectivity index (χ3n) is 2.47. The fraction of sp³-hybridized carbons (Fsp3) is 0.167. The Morgan fingerprint density at radius 2 is 2.31 bits per heavy atom. The van der Waals surface area contributed by atoms with Crippen molar-refractivity contribution in [1.82, 2.24) is 4.90 Å².